The van der Waals surface area contributed by atoms with E-state index in [2.05, 4.69) is 13.8 Å². The molecule has 0 spiro atoms. The fourth-order valence-electron chi connectivity index (χ4n) is 3.10. The number of hydrogen-bond acceptors (Lipinski definition) is 1. The van der Waals surface area contributed by atoms with Crippen molar-refractivity contribution in [2.24, 2.45) is 11.3 Å². The Labute approximate surface area is 113 Å². The Balaban J connectivity index is 2.40. The molecule has 0 heterocycles. The van der Waals surface area contributed by atoms with Gasteiger partial charge < -0.3 is 5.11 Å². The summed E-state index contributed by atoms with van der Waals surface area (Å²) in [7, 11) is 0. The van der Waals surface area contributed by atoms with Crippen molar-refractivity contribution >= 4 is 11.6 Å². The molecule has 1 aliphatic rings. The SMILES string of the molecule is CC1CC(C)(C)CCC1(O)c1cc(F)ccc1Cl. The van der Waals surface area contributed by atoms with Crippen LogP contribution >= 0.6 is 11.6 Å². The van der Waals surface area contributed by atoms with E-state index in [-0.39, 0.29) is 17.2 Å². The van der Waals surface area contributed by atoms with Crippen LogP contribution in [-0.2, 0) is 5.60 Å². The summed E-state index contributed by atoms with van der Waals surface area (Å²) in [6.07, 6.45) is 2.46. The molecule has 1 aromatic rings. The van der Waals surface area contributed by atoms with Gasteiger partial charge in [-0.05, 0) is 48.8 Å². The van der Waals surface area contributed by atoms with Crippen LogP contribution in [0.1, 0.15) is 45.6 Å². The number of aliphatic hydroxyl groups is 1. The fourth-order valence-corrected chi connectivity index (χ4v) is 3.39. The lowest BCUT2D eigenvalue weighted by Gasteiger charge is -2.45. The third-order valence-electron chi connectivity index (χ3n) is 4.25. The van der Waals surface area contributed by atoms with Gasteiger partial charge in [-0.15, -0.1) is 0 Å². The van der Waals surface area contributed by atoms with E-state index in [1.54, 1.807) is 0 Å². The molecule has 0 amide bonds. The summed E-state index contributed by atoms with van der Waals surface area (Å²) in [5.74, 6) is -0.277. The molecule has 0 saturated heterocycles. The van der Waals surface area contributed by atoms with Crippen LogP contribution in [0.15, 0.2) is 18.2 Å². The minimum Gasteiger partial charge on any atom is -0.385 e. The largest absolute Gasteiger partial charge is 0.385 e. The van der Waals surface area contributed by atoms with Gasteiger partial charge in [-0.2, -0.15) is 0 Å². The molecule has 3 heteroatoms. The molecule has 2 atom stereocenters. The van der Waals surface area contributed by atoms with E-state index in [1.165, 1.54) is 18.2 Å². The first-order valence-corrected chi connectivity index (χ1v) is 6.80. The highest BCUT2D eigenvalue weighted by atomic mass is 35.5. The maximum atomic E-state index is 13.4. The summed E-state index contributed by atoms with van der Waals surface area (Å²) in [5.41, 5.74) is -0.243. The third-order valence-corrected chi connectivity index (χ3v) is 4.58. The number of rotatable bonds is 1. The van der Waals surface area contributed by atoms with Gasteiger partial charge in [0.25, 0.3) is 0 Å². The molecule has 0 bridgehead atoms. The number of benzene rings is 1. The summed E-state index contributed by atoms with van der Waals surface area (Å²) in [6.45, 7) is 6.43. The van der Waals surface area contributed by atoms with Gasteiger partial charge >= 0.3 is 0 Å². The molecule has 100 valence electrons. The molecular formula is C15H20ClFO. The molecule has 0 aromatic heterocycles. The Kier molecular flexibility index (Phi) is 3.46. The normalized spacial score (nSPS) is 31.3. The zero-order valence-corrected chi connectivity index (χ0v) is 11.9. The fraction of sp³-hybridized carbons (Fsp3) is 0.600. The Hall–Kier alpha value is -0.600. The highest BCUT2D eigenvalue weighted by Gasteiger charge is 2.44. The zero-order valence-electron chi connectivity index (χ0n) is 11.1. The highest BCUT2D eigenvalue weighted by molar-refractivity contribution is 6.31. The quantitative estimate of drug-likeness (QED) is 0.796. The highest BCUT2D eigenvalue weighted by Crippen LogP contribution is 2.50. The second kappa shape index (κ2) is 4.50. The van der Waals surface area contributed by atoms with E-state index >= 15 is 0 Å². The first-order valence-electron chi connectivity index (χ1n) is 6.42. The third kappa shape index (κ3) is 2.41. The zero-order chi connectivity index (χ0) is 13.6. The molecule has 0 aliphatic heterocycles. The predicted molar refractivity (Wildman–Crippen MR) is 72.1 cm³/mol. The Morgan fingerprint density at radius 2 is 2.00 bits per heavy atom. The molecule has 0 radical (unpaired) electrons. The topological polar surface area (TPSA) is 20.2 Å². The van der Waals surface area contributed by atoms with Gasteiger partial charge in [-0.25, -0.2) is 4.39 Å². The van der Waals surface area contributed by atoms with Gasteiger partial charge in [0.2, 0.25) is 0 Å². The Morgan fingerprint density at radius 3 is 2.61 bits per heavy atom. The second-order valence-corrected chi connectivity index (χ2v) is 6.73. The summed E-state index contributed by atoms with van der Waals surface area (Å²) < 4.78 is 13.4. The molecule has 1 aliphatic carbocycles. The Bertz CT molecular complexity index is 458. The van der Waals surface area contributed by atoms with Gasteiger partial charge in [0, 0.05) is 10.6 Å². The van der Waals surface area contributed by atoms with Crippen LogP contribution in [0.25, 0.3) is 0 Å². The van der Waals surface area contributed by atoms with Crippen molar-refractivity contribution in [2.75, 3.05) is 0 Å². The average molecular weight is 271 g/mol. The van der Waals surface area contributed by atoms with Crippen LogP contribution in [0, 0.1) is 17.2 Å². The van der Waals surface area contributed by atoms with Crippen molar-refractivity contribution in [3.63, 3.8) is 0 Å². The lowest BCUT2D eigenvalue weighted by molar-refractivity contribution is -0.0770. The first kappa shape index (κ1) is 13.8. The lowest BCUT2D eigenvalue weighted by atomic mass is 9.63. The van der Waals surface area contributed by atoms with Gasteiger partial charge in [0.05, 0.1) is 5.60 Å². The molecule has 1 nitrogen and oxygen atoms in total. The van der Waals surface area contributed by atoms with Gasteiger partial charge in [0.1, 0.15) is 5.82 Å². The minimum atomic E-state index is -1.01. The summed E-state index contributed by atoms with van der Waals surface area (Å²) in [5, 5.41) is 11.3. The molecule has 18 heavy (non-hydrogen) atoms. The maximum absolute atomic E-state index is 13.4. The molecule has 1 fully saturated rings. The van der Waals surface area contributed by atoms with Crippen LogP contribution in [0.4, 0.5) is 4.39 Å². The Morgan fingerprint density at radius 1 is 1.33 bits per heavy atom. The predicted octanol–water partition coefficient (Wildman–Crippen LogP) is 4.51. The minimum absolute atomic E-state index is 0.0700. The number of hydrogen-bond donors (Lipinski definition) is 1. The van der Waals surface area contributed by atoms with E-state index in [1.807, 2.05) is 6.92 Å². The van der Waals surface area contributed by atoms with E-state index < -0.39 is 5.60 Å². The van der Waals surface area contributed by atoms with Gasteiger partial charge in [-0.1, -0.05) is 32.4 Å². The van der Waals surface area contributed by atoms with Crippen molar-refractivity contribution < 1.29 is 9.50 Å². The van der Waals surface area contributed by atoms with Crippen LogP contribution < -0.4 is 0 Å². The van der Waals surface area contributed by atoms with Gasteiger partial charge in [0.15, 0.2) is 0 Å². The smallest absolute Gasteiger partial charge is 0.123 e. The van der Waals surface area contributed by atoms with Crippen molar-refractivity contribution in [3.8, 4) is 0 Å². The summed E-state index contributed by atoms with van der Waals surface area (Å²) in [6, 6.07) is 4.22. The van der Waals surface area contributed by atoms with E-state index in [9.17, 15) is 9.50 Å². The second-order valence-electron chi connectivity index (χ2n) is 6.32. The monoisotopic (exact) mass is 270 g/mol. The average Bonchev–Trinajstić information content (AvgIpc) is 2.27. The standard InChI is InChI=1S/C15H20ClFO/c1-10-9-14(2,3)6-7-15(10,18)12-8-11(17)4-5-13(12)16/h4-5,8,10,18H,6-7,9H2,1-3H3. The first-order chi connectivity index (χ1) is 8.24. The lowest BCUT2D eigenvalue weighted by Crippen LogP contribution is -2.41. The van der Waals surface area contributed by atoms with Crippen LogP contribution in [0.2, 0.25) is 5.02 Å². The molecule has 2 rings (SSSR count). The molecular weight excluding hydrogens is 251 g/mol. The van der Waals surface area contributed by atoms with Crippen molar-refractivity contribution in [1.29, 1.82) is 0 Å². The summed E-state index contributed by atoms with van der Waals surface area (Å²) >= 11 is 6.13. The van der Waals surface area contributed by atoms with Gasteiger partial charge in [-0.3, -0.25) is 0 Å². The molecule has 1 aromatic carbocycles. The van der Waals surface area contributed by atoms with E-state index in [0.29, 0.717) is 17.0 Å². The van der Waals surface area contributed by atoms with Crippen molar-refractivity contribution in [3.05, 3.63) is 34.6 Å². The van der Waals surface area contributed by atoms with Crippen molar-refractivity contribution in [2.45, 2.75) is 45.6 Å². The van der Waals surface area contributed by atoms with Crippen LogP contribution in [0.3, 0.4) is 0 Å². The van der Waals surface area contributed by atoms with E-state index in [4.69, 9.17) is 11.6 Å². The molecule has 1 saturated carbocycles. The van der Waals surface area contributed by atoms with Crippen LogP contribution in [-0.4, -0.2) is 5.11 Å². The number of halogens is 2. The molecule has 2 unspecified atom stereocenters. The van der Waals surface area contributed by atoms with Crippen LogP contribution in [0.5, 0.6) is 0 Å². The maximum Gasteiger partial charge on any atom is 0.123 e. The van der Waals surface area contributed by atoms with Crippen molar-refractivity contribution in [1.82, 2.24) is 0 Å². The summed E-state index contributed by atoms with van der Waals surface area (Å²) in [4.78, 5) is 0. The van der Waals surface area contributed by atoms with E-state index in [0.717, 1.165) is 12.8 Å². The molecule has 1 N–H and O–H groups in total.